The lowest BCUT2D eigenvalue weighted by Gasteiger charge is -2.20. The van der Waals surface area contributed by atoms with Crippen LogP contribution in [0.1, 0.15) is 23.2 Å². The highest BCUT2D eigenvalue weighted by Gasteiger charge is 2.20. The summed E-state index contributed by atoms with van der Waals surface area (Å²) < 4.78 is 4.84. The molecule has 0 spiro atoms. The van der Waals surface area contributed by atoms with Crippen LogP contribution in [-0.4, -0.2) is 40.3 Å². The van der Waals surface area contributed by atoms with Crippen LogP contribution in [0.2, 0.25) is 0 Å². The van der Waals surface area contributed by atoms with Gasteiger partial charge < -0.3 is 14.9 Å². The van der Waals surface area contributed by atoms with Gasteiger partial charge in [0.05, 0.1) is 12.3 Å². The number of thioether (sulfide) groups is 1. The molecule has 0 aliphatic heterocycles. The summed E-state index contributed by atoms with van der Waals surface area (Å²) >= 11 is 1.51. The molecule has 0 aliphatic carbocycles. The number of carbonyl (C=O) groups excluding carboxylic acids is 1. The van der Waals surface area contributed by atoms with E-state index in [0.717, 1.165) is 0 Å². The second kappa shape index (κ2) is 5.91. The molecule has 1 amide bonds. The predicted molar refractivity (Wildman–Crippen MR) is 62.6 cm³/mol. The zero-order valence-corrected chi connectivity index (χ0v) is 10.4. The fourth-order valence-corrected chi connectivity index (χ4v) is 1.90. The van der Waals surface area contributed by atoms with Gasteiger partial charge in [-0.15, -0.1) is 0 Å². The van der Waals surface area contributed by atoms with Crippen molar-refractivity contribution < 1.29 is 14.4 Å². The van der Waals surface area contributed by atoms with Crippen molar-refractivity contribution in [2.75, 3.05) is 12.9 Å². The average molecular weight is 244 g/mol. The number of nitrogens with zero attached hydrogens (tertiary/aromatic N) is 1. The molecule has 5 nitrogen and oxygen atoms in total. The zero-order chi connectivity index (χ0) is 12.1. The van der Waals surface area contributed by atoms with E-state index in [0.29, 0.717) is 5.69 Å². The Morgan fingerprint density at radius 3 is 2.88 bits per heavy atom. The number of amides is 1. The van der Waals surface area contributed by atoms with Gasteiger partial charge in [-0.3, -0.25) is 4.79 Å². The number of hydrogen-bond donors (Lipinski definition) is 2. The first-order valence-corrected chi connectivity index (χ1v) is 6.25. The molecular weight excluding hydrogens is 228 g/mol. The Morgan fingerprint density at radius 1 is 1.75 bits per heavy atom. The van der Waals surface area contributed by atoms with E-state index in [-0.39, 0.29) is 29.6 Å². The molecule has 0 saturated carbocycles. The lowest BCUT2D eigenvalue weighted by molar-refractivity contribution is 0.0898. The third-order valence-corrected chi connectivity index (χ3v) is 3.41. The van der Waals surface area contributed by atoms with Crippen molar-refractivity contribution in [1.82, 2.24) is 10.5 Å². The Kier molecular flexibility index (Phi) is 4.82. The maximum atomic E-state index is 11.7. The molecule has 0 bridgehead atoms. The summed E-state index contributed by atoms with van der Waals surface area (Å²) in [5.74, 6) is -0.109. The van der Waals surface area contributed by atoms with E-state index >= 15 is 0 Å². The molecule has 2 atom stereocenters. The predicted octanol–water partition coefficient (Wildman–Crippen LogP) is 0.825. The maximum Gasteiger partial charge on any atom is 0.290 e. The van der Waals surface area contributed by atoms with E-state index in [4.69, 9.17) is 9.63 Å². The van der Waals surface area contributed by atoms with Gasteiger partial charge in [0.2, 0.25) is 5.76 Å². The molecule has 0 fully saturated rings. The summed E-state index contributed by atoms with van der Waals surface area (Å²) in [5.41, 5.74) is 0.668. The molecule has 2 unspecified atom stereocenters. The second-order valence-corrected chi connectivity index (χ2v) is 4.63. The second-order valence-electron chi connectivity index (χ2n) is 3.55. The monoisotopic (exact) mass is 244 g/mol. The van der Waals surface area contributed by atoms with Gasteiger partial charge in [-0.05, 0) is 20.1 Å². The summed E-state index contributed by atoms with van der Waals surface area (Å²) in [4.78, 5) is 11.7. The molecule has 6 heteroatoms. The van der Waals surface area contributed by atoms with Crippen LogP contribution in [-0.2, 0) is 0 Å². The fourth-order valence-electron chi connectivity index (χ4n) is 1.28. The van der Waals surface area contributed by atoms with Crippen molar-refractivity contribution in [1.29, 1.82) is 0 Å². The van der Waals surface area contributed by atoms with Gasteiger partial charge in [-0.25, -0.2) is 0 Å². The van der Waals surface area contributed by atoms with E-state index in [9.17, 15) is 4.79 Å². The molecule has 0 radical (unpaired) electrons. The van der Waals surface area contributed by atoms with Gasteiger partial charge in [0, 0.05) is 17.4 Å². The number of aliphatic hydroxyl groups is 1. The number of aryl methyl sites for hydroxylation is 1. The van der Waals surface area contributed by atoms with Crippen LogP contribution in [0.3, 0.4) is 0 Å². The van der Waals surface area contributed by atoms with E-state index < -0.39 is 0 Å². The Labute approximate surface area is 98.6 Å². The van der Waals surface area contributed by atoms with Gasteiger partial charge >= 0.3 is 0 Å². The third kappa shape index (κ3) is 3.24. The van der Waals surface area contributed by atoms with Crippen LogP contribution in [0.5, 0.6) is 0 Å². The maximum absolute atomic E-state index is 11.7. The minimum Gasteiger partial charge on any atom is -0.395 e. The number of carbonyl (C=O) groups is 1. The van der Waals surface area contributed by atoms with Gasteiger partial charge in [0.1, 0.15) is 0 Å². The molecule has 1 aromatic rings. The quantitative estimate of drug-likeness (QED) is 0.802. The molecule has 0 aromatic carbocycles. The number of aliphatic hydroxyl groups excluding tert-OH is 1. The third-order valence-electron chi connectivity index (χ3n) is 2.25. The van der Waals surface area contributed by atoms with Gasteiger partial charge in [0.25, 0.3) is 5.91 Å². The Balaban J connectivity index is 2.57. The SMILES string of the molecule is CSC(CO)C(C)NC(=O)c1cc(C)no1. The lowest BCUT2D eigenvalue weighted by Crippen LogP contribution is -2.41. The van der Waals surface area contributed by atoms with Crippen LogP contribution in [0.15, 0.2) is 10.6 Å². The molecule has 1 rings (SSSR count). The molecule has 16 heavy (non-hydrogen) atoms. The normalized spacial score (nSPS) is 14.5. The average Bonchev–Trinajstić information content (AvgIpc) is 2.66. The van der Waals surface area contributed by atoms with Crippen molar-refractivity contribution in [2.45, 2.75) is 25.1 Å². The topological polar surface area (TPSA) is 75.4 Å². The largest absolute Gasteiger partial charge is 0.395 e. The van der Waals surface area contributed by atoms with E-state index in [2.05, 4.69) is 10.5 Å². The summed E-state index contributed by atoms with van der Waals surface area (Å²) in [6.07, 6.45) is 1.89. The molecular formula is C10H16N2O3S. The van der Waals surface area contributed by atoms with Crippen molar-refractivity contribution in [3.63, 3.8) is 0 Å². The van der Waals surface area contributed by atoms with Gasteiger partial charge in [-0.1, -0.05) is 5.16 Å². The van der Waals surface area contributed by atoms with Crippen molar-refractivity contribution in [2.24, 2.45) is 0 Å². The number of aromatic nitrogens is 1. The molecule has 2 N–H and O–H groups in total. The zero-order valence-electron chi connectivity index (χ0n) is 9.56. The van der Waals surface area contributed by atoms with Crippen LogP contribution in [0, 0.1) is 6.92 Å². The minimum atomic E-state index is -0.305. The van der Waals surface area contributed by atoms with Crippen molar-refractivity contribution >= 4 is 17.7 Å². The molecule has 1 aromatic heterocycles. The Bertz CT molecular complexity index is 350. The molecule has 90 valence electrons. The highest BCUT2D eigenvalue weighted by atomic mass is 32.2. The van der Waals surface area contributed by atoms with Crippen molar-refractivity contribution in [3.05, 3.63) is 17.5 Å². The Hall–Kier alpha value is -1.01. The van der Waals surface area contributed by atoms with Gasteiger partial charge in [-0.2, -0.15) is 11.8 Å². The van der Waals surface area contributed by atoms with Gasteiger partial charge in [0.15, 0.2) is 0 Å². The number of nitrogens with one attached hydrogen (secondary N) is 1. The molecule has 1 heterocycles. The first-order valence-electron chi connectivity index (χ1n) is 4.96. The first-order chi connectivity index (χ1) is 7.58. The molecule has 0 saturated heterocycles. The number of rotatable bonds is 5. The Morgan fingerprint density at radius 2 is 2.44 bits per heavy atom. The first kappa shape index (κ1) is 13.1. The summed E-state index contributed by atoms with van der Waals surface area (Å²) in [6.45, 7) is 3.62. The van der Waals surface area contributed by atoms with E-state index in [1.54, 1.807) is 13.0 Å². The standard InChI is InChI=1S/C10H16N2O3S/c1-6-4-8(15-12-6)10(14)11-7(2)9(5-13)16-3/h4,7,9,13H,5H2,1-3H3,(H,11,14). The minimum absolute atomic E-state index is 0.0204. The van der Waals surface area contributed by atoms with Crippen LogP contribution < -0.4 is 5.32 Å². The fraction of sp³-hybridized carbons (Fsp3) is 0.600. The number of hydrogen-bond acceptors (Lipinski definition) is 5. The summed E-state index contributed by atoms with van der Waals surface area (Å²) in [5, 5.41) is 15.5. The highest BCUT2D eigenvalue weighted by Crippen LogP contribution is 2.11. The molecule has 0 aliphatic rings. The lowest BCUT2D eigenvalue weighted by atomic mass is 10.2. The summed E-state index contributed by atoms with van der Waals surface area (Å²) in [6, 6.07) is 1.45. The van der Waals surface area contributed by atoms with E-state index in [1.165, 1.54) is 11.8 Å². The van der Waals surface area contributed by atoms with Crippen LogP contribution in [0.25, 0.3) is 0 Å². The highest BCUT2D eigenvalue weighted by molar-refractivity contribution is 7.99. The van der Waals surface area contributed by atoms with E-state index in [1.807, 2.05) is 13.2 Å². The van der Waals surface area contributed by atoms with Crippen LogP contribution >= 0.6 is 11.8 Å². The van der Waals surface area contributed by atoms with Crippen molar-refractivity contribution in [3.8, 4) is 0 Å². The summed E-state index contributed by atoms with van der Waals surface area (Å²) in [7, 11) is 0. The smallest absolute Gasteiger partial charge is 0.290 e. The van der Waals surface area contributed by atoms with Crippen LogP contribution in [0.4, 0.5) is 0 Å².